The first-order chi connectivity index (χ1) is 17.1. The van der Waals surface area contributed by atoms with Crippen LogP contribution in [0.4, 0.5) is 5.69 Å². The number of carbonyl (C=O) groups is 4. The predicted molar refractivity (Wildman–Crippen MR) is 141 cm³/mol. The quantitative estimate of drug-likeness (QED) is 0.232. The largest absolute Gasteiger partial charge is 0.460 e. The molecular formula is C27H43N3O7. The number of benzene rings is 1. The Morgan fingerprint density at radius 2 is 1.43 bits per heavy atom. The average Bonchev–Trinajstić information content (AvgIpc) is 2.76. The number of hydrogen-bond donors (Lipinski definition) is 3. The van der Waals surface area contributed by atoms with Crippen LogP contribution in [0.3, 0.4) is 0 Å². The monoisotopic (exact) mass is 521 g/mol. The van der Waals surface area contributed by atoms with Gasteiger partial charge in [-0.05, 0) is 58.6 Å². The highest BCUT2D eigenvalue weighted by Crippen LogP contribution is 2.29. The summed E-state index contributed by atoms with van der Waals surface area (Å²) in [5, 5.41) is 7.70. The summed E-state index contributed by atoms with van der Waals surface area (Å²) in [7, 11) is 0. The highest BCUT2D eigenvalue weighted by atomic mass is 16.7. The van der Waals surface area contributed by atoms with Gasteiger partial charge in [-0.1, -0.05) is 39.0 Å². The normalized spacial score (nSPS) is 13.5. The third kappa shape index (κ3) is 11.3. The molecule has 0 aliphatic carbocycles. The molecule has 3 N–H and O–H groups in total. The van der Waals surface area contributed by atoms with Gasteiger partial charge in [0, 0.05) is 18.9 Å². The Morgan fingerprint density at radius 1 is 0.865 bits per heavy atom. The maximum atomic E-state index is 12.9. The van der Waals surface area contributed by atoms with E-state index in [2.05, 4.69) is 16.0 Å². The van der Waals surface area contributed by atoms with Crippen LogP contribution < -0.4 is 16.0 Å². The molecular weight excluding hydrogens is 478 g/mol. The Kier molecular flexibility index (Phi) is 12.2. The Bertz CT molecular complexity index is 929. The number of carbonyl (C=O) groups excluding carboxylic acids is 4. The third-order valence-corrected chi connectivity index (χ3v) is 5.06. The number of nitrogens with one attached hydrogen (secondary N) is 3. The van der Waals surface area contributed by atoms with Crippen LogP contribution in [0.1, 0.15) is 74.3 Å². The Labute approximate surface area is 220 Å². The van der Waals surface area contributed by atoms with Gasteiger partial charge >= 0.3 is 17.8 Å². The van der Waals surface area contributed by atoms with Gasteiger partial charge in [0.15, 0.2) is 6.29 Å². The van der Waals surface area contributed by atoms with Crippen molar-refractivity contribution in [1.82, 2.24) is 10.6 Å². The number of rotatable bonds is 11. The minimum absolute atomic E-state index is 0.210. The number of hydrogen-bond acceptors (Lipinski definition) is 7. The topological polar surface area (TPSA) is 132 Å². The van der Waals surface area contributed by atoms with Gasteiger partial charge < -0.3 is 30.2 Å². The van der Waals surface area contributed by atoms with Crippen LogP contribution in [0, 0.1) is 0 Å². The van der Waals surface area contributed by atoms with E-state index in [9.17, 15) is 19.2 Å². The average molecular weight is 522 g/mol. The highest BCUT2D eigenvalue weighted by Gasteiger charge is 2.31. The maximum Gasteiger partial charge on any atom is 0.313 e. The fourth-order valence-electron chi connectivity index (χ4n) is 3.45. The summed E-state index contributed by atoms with van der Waals surface area (Å²) in [4.78, 5) is 50.5. The minimum Gasteiger partial charge on any atom is -0.460 e. The van der Waals surface area contributed by atoms with Crippen LogP contribution in [0.25, 0.3) is 0 Å². The van der Waals surface area contributed by atoms with E-state index in [0.717, 1.165) is 5.56 Å². The van der Waals surface area contributed by atoms with Crippen LogP contribution >= 0.6 is 0 Å². The van der Waals surface area contributed by atoms with E-state index >= 15 is 0 Å². The molecule has 10 heteroatoms. The number of ether oxygens (including phenoxy) is 3. The molecule has 0 saturated carbocycles. The van der Waals surface area contributed by atoms with Gasteiger partial charge in [0.1, 0.15) is 11.6 Å². The van der Waals surface area contributed by atoms with Crippen LogP contribution in [0.2, 0.25) is 0 Å². The lowest BCUT2D eigenvalue weighted by molar-refractivity contribution is -0.172. The van der Waals surface area contributed by atoms with Crippen molar-refractivity contribution in [1.29, 1.82) is 0 Å². The molecule has 1 rings (SSSR count). The standard InChI is InChI=1S/C27H43N3O7/c1-10-35-25(36-11-2)20(16-21(31)37-27(7,8)9)30-22(32)17(3)28-23(33)24(34)29-19-15-13-12-14-18(19)26(4,5)6/h12-15,17,20,25H,10-11,16H2,1-9H3,(H,28,33)(H,29,34)(H,30,32)/t17-,20?/m0/s1. The first-order valence-corrected chi connectivity index (χ1v) is 12.6. The van der Waals surface area contributed by atoms with Crippen molar-refractivity contribution in [3.05, 3.63) is 29.8 Å². The number of amides is 3. The smallest absolute Gasteiger partial charge is 0.313 e. The molecule has 0 aliphatic rings. The van der Waals surface area contributed by atoms with Crippen LogP contribution in [0.15, 0.2) is 24.3 Å². The lowest BCUT2D eigenvalue weighted by Crippen LogP contribution is -2.54. The second-order valence-corrected chi connectivity index (χ2v) is 10.6. The van der Waals surface area contributed by atoms with E-state index in [1.807, 2.05) is 32.9 Å². The first-order valence-electron chi connectivity index (χ1n) is 12.6. The van der Waals surface area contributed by atoms with Crippen LogP contribution in [-0.4, -0.2) is 60.9 Å². The fraction of sp³-hybridized carbons (Fsp3) is 0.630. The molecule has 0 fully saturated rings. The van der Waals surface area contributed by atoms with E-state index in [1.165, 1.54) is 6.92 Å². The third-order valence-electron chi connectivity index (χ3n) is 5.06. The van der Waals surface area contributed by atoms with Crippen molar-refractivity contribution in [2.45, 2.75) is 98.1 Å². The predicted octanol–water partition coefficient (Wildman–Crippen LogP) is 3.04. The van der Waals surface area contributed by atoms with Gasteiger partial charge in [0.25, 0.3) is 0 Å². The molecule has 10 nitrogen and oxygen atoms in total. The first kappa shape index (κ1) is 32.0. The maximum absolute atomic E-state index is 12.9. The molecule has 3 amide bonds. The Balaban J connectivity index is 2.91. The zero-order chi connectivity index (χ0) is 28.4. The number of esters is 1. The summed E-state index contributed by atoms with van der Waals surface area (Å²) in [6.07, 6.45) is -1.12. The SMILES string of the molecule is CCOC(OCC)C(CC(=O)OC(C)(C)C)NC(=O)[C@H](C)NC(=O)C(=O)Nc1ccccc1C(C)(C)C. The molecule has 0 bridgehead atoms. The van der Waals surface area contributed by atoms with E-state index in [0.29, 0.717) is 5.69 Å². The molecule has 0 heterocycles. The number of para-hydroxylation sites is 1. The van der Waals surface area contributed by atoms with Gasteiger partial charge in [0.05, 0.1) is 12.5 Å². The zero-order valence-corrected chi connectivity index (χ0v) is 23.5. The van der Waals surface area contributed by atoms with Gasteiger partial charge in [-0.25, -0.2) is 0 Å². The van der Waals surface area contributed by atoms with Gasteiger partial charge in [-0.15, -0.1) is 0 Å². The molecule has 0 saturated heterocycles. The van der Waals surface area contributed by atoms with Crippen molar-refractivity contribution in [2.24, 2.45) is 0 Å². The summed E-state index contributed by atoms with van der Waals surface area (Å²) < 4.78 is 16.5. The summed E-state index contributed by atoms with van der Waals surface area (Å²) in [6, 6.07) is 5.24. The van der Waals surface area contributed by atoms with E-state index in [4.69, 9.17) is 14.2 Å². The summed E-state index contributed by atoms with van der Waals surface area (Å²) in [5.41, 5.74) is 0.415. The summed E-state index contributed by atoms with van der Waals surface area (Å²) >= 11 is 0. The molecule has 0 aliphatic heterocycles. The second kappa shape index (κ2) is 14.1. The van der Waals surface area contributed by atoms with Crippen molar-refractivity contribution >= 4 is 29.4 Å². The van der Waals surface area contributed by atoms with Crippen molar-refractivity contribution in [2.75, 3.05) is 18.5 Å². The molecule has 0 aromatic heterocycles. The van der Waals surface area contributed by atoms with E-state index in [-0.39, 0.29) is 25.0 Å². The molecule has 208 valence electrons. The fourth-order valence-corrected chi connectivity index (χ4v) is 3.45. The summed E-state index contributed by atoms with van der Waals surface area (Å²) in [5.74, 6) is -3.03. The van der Waals surface area contributed by atoms with Crippen LogP contribution in [0.5, 0.6) is 0 Å². The zero-order valence-electron chi connectivity index (χ0n) is 23.5. The van der Waals surface area contributed by atoms with Crippen molar-refractivity contribution in [3.8, 4) is 0 Å². The Morgan fingerprint density at radius 3 is 1.95 bits per heavy atom. The van der Waals surface area contributed by atoms with Crippen molar-refractivity contribution < 1.29 is 33.4 Å². The molecule has 2 atom stereocenters. The van der Waals surface area contributed by atoms with E-state index < -0.39 is 47.7 Å². The van der Waals surface area contributed by atoms with E-state index in [1.54, 1.807) is 46.8 Å². The summed E-state index contributed by atoms with van der Waals surface area (Å²) in [6.45, 7) is 16.7. The molecule has 0 radical (unpaired) electrons. The molecule has 37 heavy (non-hydrogen) atoms. The van der Waals surface area contributed by atoms with Crippen molar-refractivity contribution in [3.63, 3.8) is 0 Å². The Hall–Kier alpha value is -2.98. The van der Waals surface area contributed by atoms with Gasteiger partial charge in [-0.2, -0.15) is 0 Å². The molecule has 1 unspecified atom stereocenters. The van der Waals surface area contributed by atoms with Crippen LogP contribution in [-0.2, 0) is 38.8 Å². The minimum atomic E-state index is -1.08. The lowest BCUT2D eigenvalue weighted by atomic mass is 9.86. The molecule has 1 aromatic carbocycles. The second-order valence-electron chi connectivity index (χ2n) is 10.6. The lowest BCUT2D eigenvalue weighted by Gasteiger charge is -2.29. The highest BCUT2D eigenvalue weighted by molar-refractivity contribution is 6.40. The van der Waals surface area contributed by atoms with Gasteiger partial charge in [-0.3, -0.25) is 19.2 Å². The number of anilines is 1. The van der Waals surface area contributed by atoms with Gasteiger partial charge in [0.2, 0.25) is 5.91 Å². The molecule has 0 spiro atoms. The molecule has 1 aromatic rings.